The molecule has 1 saturated heterocycles. The lowest BCUT2D eigenvalue weighted by atomic mass is 9.91. The van der Waals surface area contributed by atoms with E-state index in [1.54, 1.807) is 13.8 Å². The summed E-state index contributed by atoms with van der Waals surface area (Å²) >= 11 is 3.02. The number of morpholine rings is 1. The van der Waals surface area contributed by atoms with Crippen LogP contribution in [-0.4, -0.2) is 42.5 Å². The minimum atomic E-state index is -0.773. The first-order valence-corrected chi connectivity index (χ1v) is 7.62. The van der Waals surface area contributed by atoms with Crippen LogP contribution in [0.1, 0.15) is 19.4 Å². The molecule has 1 heterocycles. The first kappa shape index (κ1) is 16.5. The van der Waals surface area contributed by atoms with Gasteiger partial charge in [-0.3, -0.25) is 9.69 Å². The Hall–Kier alpha value is -0.850. The molecule has 1 fully saturated rings. The number of hydrogen-bond acceptors (Lipinski definition) is 3. The van der Waals surface area contributed by atoms with Crippen LogP contribution < -0.4 is 0 Å². The fourth-order valence-corrected chi connectivity index (χ4v) is 2.78. The van der Waals surface area contributed by atoms with Crippen molar-refractivity contribution in [2.75, 3.05) is 26.3 Å². The normalized spacial score (nSPS) is 17.0. The second-order valence-electron chi connectivity index (χ2n) is 5.58. The maximum atomic E-state index is 14.0. The van der Waals surface area contributed by atoms with Crippen LogP contribution in [-0.2, 0) is 16.0 Å². The third kappa shape index (κ3) is 3.49. The van der Waals surface area contributed by atoms with Crippen molar-refractivity contribution in [2.45, 2.75) is 25.8 Å². The zero-order valence-corrected chi connectivity index (χ0v) is 13.7. The van der Waals surface area contributed by atoms with E-state index in [1.807, 2.05) is 4.90 Å². The highest BCUT2D eigenvalue weighted by Gasteiger charge is 2.35. The standard InChI is InChI=1S/C15H18BrF2NO2/c1-15(2,19-5-7-21-8-6-19)13(20)9-10-12(17)4-3-11(16)14(10)18/h3-4H,5-9H2,1-2H3. The molecule has 0 bridgehead atoms. The van der Waals surface area contributed by atoms with Crippen molar-refractivity contribution >= 4 is 21.7 Å². The second kappa shape index (κ2) is 6.50. The molecule has 0 amide bonds. The monoisotopic (exact) mass is 361 g/mol. The quantitative estimate of drug-likeness (QED) is 0.772. The molecule has 0 aliphatic carbocycles. The Morgan fingerprint density at radius 1 is 1.33 bits per heavy atom. The van der Waals surface area contributed by atoms with Crippen molar-refractivity contribution in [1.29, 1.82) is 0 Å². The van der Waals surface area contributed by atoms with E-state index in [0.717, 1.165) is 6.07 Å². The Labute approximate surface area is 131 Å². The molecule has 1 aromatic rings. The van der Waals surface area contributed by atoms with E-state index in [1.165, 1.54) is 6.07 Å². The Balaban J connectivity index is 2.19. The van der Waals surface area contributed by atoms with E-state index in [-0.39, 0.29) is 22.2 Å². The highest BCUT2D eigenvalue weighted by Crippen LogP contribution is 2.25. The molecule has 0 saturated carbocycles. The summed E-state index contributed by atoms with van der Waals surface area (Å²) in [6, 6.07) is 2.46. The molecular formula is C15H18BrF2NO2. The molecule has 6 heteroatoms. The van der Waals surface area contributed by atoms with Crippen LogP contribution in [0, 0.1) is 11.6 Å². The Bertz CT molecular complexity index is 543. The van der Waals surface area contributed by atoms with Gasteiger partial charge in [0.05, 0.1) is 23.2 Å². The SMILES string of the molecule is CC(C)(C(=O)Cc1c(F)ccc(Br)c1F)N1CCOCC1. The lowest BCUT2D eigenvalue weighted by molar-refractivity contribution is -0.131. The van der Waals surface area contributed by atoms with Gasteiger partial charge in [0, 0.05) is 25.1 Å². The second-order valence-corrected chi connectivity index (χ2v) is 6.43. The highest BCUT2D eigenvalue weighted by molar-refractivity contribution is 9.10. The van der Waals surface area contributed by atoms with Gasteiger partial charge in [-0.25, -0.2) is 8.78 Å². The van der Waals surface area contributed by atoms with Crippen LogP contribution in [0.3, 0.4) is 0 Å². The first-order chi connectivity index (χ1) is 9.84. The smallest absolute Gasteiger partial charge is 0.157 e. The molecule has 1 aromatic carbocycles. The molecule has 21 heavy (non-hydrogen) atoms. The van der Waals surface area contributed by atoms with E-state index in [4.69, 9.17) is 4.74 Å². The molecule has 0 aromatic heterocycles. The van der Waals surface area contributed by atoms with Crippen molar-refractivity contribution in [3.05, 3.63) is 33.8 Å². The predicted molar refractivity (Wildman–Crippen MR) is 79.2 cm³/mol. The Morgan fingerprint density at radius 3 is 2.57 bits per heavy atom. The van der Waals surface area contributed by atoms with Crippen LogP contribution in [0.15, 0.2) is 16.6 Å². The number of rotatable bonds is 4. The summed E-state index contributed by atoms with van der Waals surface area (Å²) in [4.78, 5) is 14.5. The molecule has 3 nitrogen and oxygen atoms in total. The van der Waals surface area contributed by atoms with E-state index >= 15 is 0 Å². The number of ether oxygens (including phenoxy) is 1. The van der Waals surface area contributed by atoms with Crippen molar-refractivity contribution in [2.24, 2.45) is 0 Å². The maximum absolute atomic E-state index is 14.0. The zero-order chi connectivity index (χ0) is 15.6. The lowest BCUT2D eigenvalue weighted by Gasteiger charge is -2.39. The number of hydrogen-bond donors (Lipinski definition) is 0. The van der Waals surface area contributed by atoms with Crippen LogP contribution in [0.4, 0.5) is 8.78 Å². The average Bonchev–Trinajstić information content (AvgIpc) is 2.48. The summed E-state index contributed by atoms with van der Waals surface area (Å²) in [6.07, 6.45) is -0.262. The van der Waals surface area contributed by atoms with Crippen molar-refractivity contribution in [3.8, 4) is 0 Å². The van der Waals surface area contributed by atoms with Crippen molar-refractivity contribution in [1.82, 2.24) is 4.90 Å². The summed E-state index contributed by atoms with van der Waals surface area (Å²) < 4.78 is 33.2. The fraction of sp³-hybridized carbons (Fsp3) is 0.533. The number of carbonyl (C=O) groups is 1. The van der Waals surface area contributed by atoms with Gasteiger partial charge >= 0.3 is 0 Å². The van der Waals surface area contributed by atoms with Crippen molar-refractivity contribution < 1.29 is 18.3 Å². The van der Waals surface area contributed by atoms with E-state index in [2.05, 4.69) is 15.9 Å². The summed E-state index contributed by atoms with van der Waals surface area (Å²) in [5, 5.41) is 0. The molecule has 0 N–H and O–H groups in total. The van der Waals surface area contributed by atoms with Crippen LogP contribution in [0.5, 0.6) is 0 Å². The number of nitrogens with zero attached hydrogens (tertiary/aromatic N) is 1. The lowest BCUT2D eigenvalue weighted by Crippen LogP contribution is -2.55. The van der Waals surface area contributed by atoms with Gasteiger partial charge in [0.1, 0.15) is 11.6 Å². The number of Topliss-reactive ketones (excluding diaryl/α,β-unsaturated/α-hetero) is 1. The van der Waals surface area contributed by atoms with Gasteiger partial charge in [0.2, 0.25) is 0 Å². The molecule has 0 atom stereocenters. The third-order valence-corrected chi connectivity index (χ3v) is 4.57. The van der Waals surface area contributed by atoms with Gasteiger partial charge in [-0.2, -0.15) is 0 Å². The molecule has 1 aliphatic rings. The van der Waals surface area contributed by atoms with Crippen LogP contribution >= 0.6 is 15.9 Å². The molecule has 0 spiro atoms. The van der Waals surface area contributed by atoms with Gasteiger partial charge < -0.3 is 4.74 Å². The number of halogens is 3. The van der Waals surface area contributed by atoms with Gasteiger partial charge in [-0.15, -0.1) is 0 Å². The first-order valence-electron chi connectivity index (χ1n) is 6.82. The van der Waals surface area contributed by atoms with E-state index < -0.39 is 17.2 Å². The van der Waals surface area contributed by atoms with E-state index in [9.17, 15) is 13.6 Å². The van der Waals surface area contributed by atoms with Crippen molar-refractivity contribution in [3.63, 3.8) is 0 Å². The topological polar surface area (TPSA) is 29.5 Å². The molecule has 1 aliphatic heterocycles. The maximum Gasteiger partial charge on any atom is 0.157 e. The highest BCUT2D eigenvalue weighted by atomic mass is 79.9. The molecule has 0 unspecified atom stereocenters. The zero-order valence-electron chi connectivity index (χ0n) is 12.1. The largest absolute Gasteiger partial charge is 0.379 e. The Kier molecular flexibility index (Phi) is 5.11. The molecule has 0 radical (unpaired) electrons. The molecular weight excluding hydrogens is 344 g/mol. The summed E-state index contributed by atoms with van der Waals surface area (Å²) in [5.74, 6) is -1.61. The molecule has 2 rings (SSSR count). The Morgan fingerprint density at radius 2 is 1.95 bits per heavy atom. The number of carbonyl (C=O) groups excluding carboxylic acids is 1. The van der Waals surface area contributed by atoms with Gasteiger partial charge in [-0.1, -0.05) is 0 Å². The minimum absolute atomic E-state index is 0.163. The number of ketones is 1. The average molecular weight is 362 g/mol. The third-order valence-electron chi connectivity index (χ3n) is 3.96. The fourth-order valence-electron chi connectivity index (χ4n) is 2.41. The summed E-state index contributed by atoms with van der Waals surface area (Å²) in [7, 11) is 0. The van der Waals surface area contributed by atoms with E-state index in [0.29, 0.717) is 26.3 Å². The molecule has 116 valence electrons. The van der Waals surface area contributed by atoms with Crippen LogP contribution in [0.2, 0.25) is 0 Å². The predicted octanol–water partition coefficient (Wildman–Crippen LogP) is 2.95. The number of benzene rings is 1. The summed E-state index contributed by atoms with van der Waals surface area (Å²) in [6.45, 7) is 5.99. The van der Waals surface area contributed by atoms with Gasteiger partial charge in [-0.05, 0) is 41.9 Å². The van der Waals surface area contributed by atoms with Gasteiger partial charge in [0.15, 0.2) is 5.78 Å². The van der Waals surface area contributed by atoms with Gasteiger partial charge in [0.25, 0.3) is 0 Å². The van der Waals surface area contributed by atoms with Crippen LogP contribution in [0.25, 0.3) is 0 Å². The summed E-state index contributed by atoms with van der Waals surface area (Å²) in [5.41, 5.74) is -0.957. The minimum Gasteiger partial charge on any atom is -0.379 e.